The van der Waals surface area contributed by atoms with Gasteiger partial charge in [-0.1, -0.05) is 5.16 Å². The molecule has 3 heterocycles. The molecule has 0 bridgehead atoms. The van der Waals surface area contributed by atoms with E-state index < -0.39 is 5.41 Å². The van der Waals surface area contributed by atoms with Gasteiger partial charge in [-0.15, -0.1) is 0 Å². The highest BCUT2D eigenvalue weighted by atomic mass is 16.5. The number of aryl methyl sites for hydroxylation is 2. The standard InChI is InChI=1S/C20H20N6O4/c1-11-22-17(30-25-11)13-9-21-10-26(18(13)28)7-6-16(27)23-12-4-5-15-14(8-12)20(2,3)19(29)24-15/h4-5,8-10H,6-7H2,1-3H3,(H,23,27)(H,24,29). The summed E-state index contributed by atoms with van der Waals surface area (Å²) in [6, 6.07) is 5.28. The molecule has 0 unspecified atom stereocenters. The summed E-state index contributed by atoms with van der Waals surface area (Å²) in [6.07, 6.45) is 2.77. The van der Waals surface area contributed by atoms with Crippen molar-refractivity contribution in [1.82, 2.24) is 19.7 Å². The van der Waals surface area contributed by atoms with E-state index in [0.29, 0.717) is 11.5 Å². The lowest BCUT2D eigenvalue weighted by molar-refractivity contribution is -0.119. The van der Waals surface area contributed by atoms with Crippen LogP contribution in [-0.2, 0) is 21.5 Å². The molecule has 2 amide bonds. The number of carbonyl (C=O) groups is 2. The summed E-state index contributed by atoms with van der Waals surface area (Å²) in [7, 11) is 0. The molecule has 0 radical (unpaired) electrons. The van der Waals surface area contributed by atoms with Gasteiger partial charge in [0.1, 0.15) is 5.56 Å². The average molecular weight is 408 g/mol. The molecule has 10 nitrogen and oxygen atoms in total. The molecule has 30 heavy (non-hydrogen) atoms. The van der Waals surface area contributed by atoms with E-state index in [0.717, 1.165) is 11.3 Å². The van der Waals surface area contributed by atoms with Crippen molar-refractivity contribution in [2.75, 3.05) is 10.6 Å². The zero-order valence-electron chi connectivity index (χ0n) is 16.7. The van der Waals surface area contributed by atoms with Crippen molar-refractivity contribution in [3.63, 3.8) is 0 Å². The fourth-order valence-corrected chi connectivity index (χ4v) is 3.26. The Hall–Kier alpha value is -3.82. The van der Waals surface area contributed by atoms with Crippen LogP contribution in [0, 0.1) is 6.92 Å². The molecular weight excluding hydrogens is 388 g/mol. The van der Waals surface area contributed by atoms with Crippen molar-refractivity contribution in [3.05, 3.63) is 52.5 Å². The number of anilines is 2. The normalized spacial score (nSPS) is 14.3. The number of benzene rings is 1. The number of amides is 2. The molecule has 154 valence electrons. The van der Waals surface area contributed by atoms with E-state index in [1.54, 1.807) is 25.1 Å². The third-order valence-corrected chi connectivity index (χ3v) is 5.03. The van der Waals surface area contributed by atoms with Gasteiger partial charge in [0.05, 0.1) is 11.7 Å². The lowest BCUT2D eigenvalue weighted by atomic mass is 9.86. The molecule has 1 aliphatic heterocycles. The summed E-state index contributed by atoms with van der Waals surface area (Å²) in [5.41, 5.74) is 1.30. The van der Waals surface area contributed by atoms with Crippen LogP contribution in [0.15, 0.2) is 40.0 Å². The van der Waals surface area contributed by atoms with Crippen LogP contribution in [0.1, 0.15) is 31.7 Å². The van der Waals surface area contributed by atoms with Crippen molar-refractivity contribution in [2.45, 2.75) is 39.2 Å². The monoisotopic (exact) mass is 408 g/mol. The number of rotatable bonds is 5. The predicted molar refractivity (Wildman–Crippen MR) is 108 cm³/mol. The Morgan fingerprint density at radius 1 is 1.30 bits per heavy atom. The van der Waals surface area contributed by atoms with Crippen molar-refractivity contribution in [1.29, 1.82) is 0 Å². The summed E-state index contributed by atoms with van der Waals surface area (Å²) >= 11 is 0. The molecule has 0 spiro atoms. The Morgan fingerprint density at radius 2 is 2.10 bits per heavy atom. The molecule has 0 atom stereocenters. The lowest BCUT2D eigenvalue weighted by Crippen LogP contribution is -2.27. The van der Waals surface area contributed by atoms with Crippen molar-refractivity contribution in [3.8, 4) is 11.5 Å². The second-order valence-electron chi connectivity index (χ2n) is 7.59. The molecular formula is C20H20N6O4. The summed E-state index contributed by atoms with van der Waals surface area (Å²) in [5.74, 6) is 0.154. The first-order valence-corrected chi connectivity index (χ1v) is 9.36. The van der Waals surface area contributed by atoms with Crippen LogP contribution in [-0.4, -0.2) is 31.5 Å². The number of carbonyl (C=O) groups excluding carboxylic acids is 2. The second-order valence-corrected chi connectivity index (χ2v) is 7.59. The van der Waals surface area contributed by atoms with Crippen molar-refractivity contribution < 1.29 is 14.1 Å². The van der Waals surface area contributed by atoms with Crippen molar-refractivity contribution >= 4 is 23.2 Å². The van der Waals surface area contributed by atoms with E-state index in [4.69, 9.17) is 4.52 Å². The van der Waals surface area contributed by atoms with Crippen LogP contribution in [0.4, 0.5) is 11.4 Å². The molecule has 4 rings (SSSR count). The maximum absolute atomic E-state index is 12.6. The Balaban J connectivity index is 1.45. The maximum atomic E-state index is 12.6. The second kappa shape index (κ2) is 7.21. The summed E-state index contributed by atoms with van der Waals surface area (Å²) in [5, 5.41) is 9.31. The van der Waals surface area contributed by atoms with Gasteiger partial charge in [-0.05, 0) is 44.5 Å². The molecule has 1 aromatic carbocycles. The van der Waals surface area contributed by atoms with E-state index in [1.807, 2.05) is 13.8 Å². The largest absolute Gasteiger partial charge is 0.334 e. The van der Waals surface area contributed by atoms with Gasteiger partial charge in [0, 0.05) is 30.5 Å². The van der Waals surface area contributed by atoms with E-state index in [9.17, 15) is 14.4 Å². The van der Waals surface area contributed by atoms with Gasteiger partial charge in [-0.2, -0.15) is 4.98 Å². The first-order valence-electron chi connectivity index (χ1n) is 9.36. The minimum atomic E-state index is -0.664. The van der Waals surface area contributed by atoms with Crippen LogP contribution in [0.5, 0.6) is 0 Å². The van der Waals surface area contributed by atoms with Gasteiger partial charge < -0.3 is 15.2 Å². The lowest BCUT2D eigenvalue weighted by Gasteiger charge is -2.16. The quantitative estimate of drug-likeness (QED) is 0.658. The Morgan fingerprint density at radius 3 is 2.83 bits per heavy atom. The molecule has 0 fully saturated rings. The zero-order valence-corrected chi connectivity index (χ0v) is 16.7. The SMILES string of the molecule is Cc1noc(-c2cncn(CCC(=O)Nc3ccc4c(c3)C(C)(C)C(=O)N4)c2=O)n1. The maximum Gasteiger partial charge on any atom is 0.266 e. The van der Waals surface area contributed by atoms with Gasteiger partial charge in [0.25, 0.3) is 11.4 Å². The third kappa shape index (κ3) is 3.47. The minimum absolute atomic E-state index is 0.0611. The predicted octanol–water partition coefficient (Wildman–Crippen LogP) is 1.86. The van der Waals surface area contributed by atoms with Crippen LogP contribution in [0.3, 0.4) is 0 Å². The molecule has 0 saturated carbocycles. The molecule has 0 aliphatic carbocycles. The number of nitrogens with one attached hydrogen (secondary N) is 2. The summed E-state index contributed by atoms with van der Waals surface area (Å²) in [6.45, 7) is 5.45. The average Bonchev–Trinajstić information content (AvgIpc) is 3.22. The topological polar surface area (TPSA) is 132 Å². The van der Waals surface area contributed by atoms with E-state index in [2.05, 4.69) is 25.8 Å². The Kier molecular flexibility index (Phi) is 4.69. The van der Waals surface area contributed by atoms with Gasteiger partial charge in [0.15, 0.2) is 5.82 Å². The van der Waals surface area contributed by atoms with E-state index >= 15 is 0 Å². The van der Waals surface area contributed by atoms with Gasteiger partial charge in [-0.3, -0.25) is 19.0 Å². The smallest absolute Gasteiger partial charge is 0.266 e. The number of hydrogen-bond donors (Lipinski definition) is 2. The van der Waals surface area contributed by atoms with Crippen molar-refractivity contribution in [2.24, 2.45) is 0 Å². The van der Waals surface area contributed by atoms with E-state index in [-0.39, 0.29) is 41.8 Å². The number of aromatic nitrogens is 4. The highest BCUT2D eigenvalue weighted by molar-refractivity contribution is 6.06. The highest BCUT2D eigenvalue weighted by Crippen LogP contribution is 2.38. The van der Waals surface area contributed by atoms with Crippen LogP contribution in [0.2, 0.25) is 0 Å². The fourth-order valence-electron chi connectivity index (χ4n) is 3.26. The van der Waals surface area contributed by atoms with Crippen LogP contribution >= 0.6 is 0 Å². The number of nitrogens with zero attached hydrogens (tertiary/aromatic N) is 4. The molecule has 0 saturated heterocycles. The zero-order chi connectivity index (χ0) is 21.5. The van der Waals surface area contributed by atoms with E-state index in [1.165, 1.54) is 17.1 Å². The Labute approximate surface area is 171 Å². The first kappa shape index (κ1) is 19.5. The molecule has 10 heteroatoms. The molecule has 2 aromatic heterocycles. The van der Waals surface area contributed by atoms with Crippen LogP contribution < -0.4 is 16.2 Å². The van der Waals surface area contributed by atoms with Crippen LogP contribution in [0.25, 0.3) is 11.5 Å². The van der Waals surface area contributed by atoms with Gasteiger partial charge >= 0.3 is 0 Å². The minimum Gasteiger partial charge on any atom is -0.334 e. The number of hydrogen-bond acceptors (Lipinski definition) is 7. The molecule has 1 aliphatic rings. The summed E-state index contributed by atoms with van der Waals surface area (Å²) in [4.78, 5) is 45.1. The Bertz CT molecular complexity index is 1210. The number of fused-ring (bicyclic) bond motifs is 1. The highest BCUT2D eigenvalue weighted by Gasteiger charge is 2.38. The third-order valence-electron chi connectivity index (χ3n) is 5.03. The molecule has 2 N–H and O–H groups in total. The van der Waals surface area contributed by atoms with Gasteiger partial charge in [-0.25, -0.2) is 4.98 Å². The fraction of sp³-hybridized carbons (Fsp3) is 0.300. The first-order chi connectivity index (χ1) is 14.3. The molecule has 3 aromatic rings. The van der Waals surface area contributed by atoms with Gasteiger partial charge in [0.2, 0.25) is 11.8 Å². The summed E-state index contributed by atoms with van der Waals surface area (Å²) < 4.78 is 6.35.